The summed E-state index contributed by atoms with van der Waals surface area (Å²) < 4.78 is 16.8. The fraction of sp³-hybridized carbons (Fsp3) is 0.556. The van der Waals surface area contributed by atoms with E-state index >= 15 is 0 Å². The van der Waals surface area contributed by atoms with Crippen LogP contribution in [0.1, 0.15) is 58.3 Å². The average molecular weight is 445 g/mol. The van der Waals surface area contributed by atoms with E-state index in [4.69, 9.17) is 19.3 Å². The summed E-state index contributed by atoms with van der Waals surface area (Å²) in [4.78, 5) is 0. The molecule has 178 valence electrons. The highest BCUT2D eigenvalue weighted by Gasteiger charge is 2.03. The molecule has 0 aliphatic heterocycles. The van der Waals surface area contributed by atoms with Crippen LogP contribution in [0.4, 0.5) is 0 Å². The van der Waals surface area contributed by atoms with E-state index in [0.29, 0.717) is 13.2 Å². The molecule has 0 saturated heterocycles. The molecule has 2 rings (SSSR count). The lowest BCUT2D eigenvalue weighted by Gasteiger charge is -2.10. The van der Waals surface area contributed by atoms with Crippen molar-refractivity contribution in [2.45, 2.75) is 64.4 Å². The highest BCUT2D eigenvalue weighted by molar-refractivity contribution is 5.64. The first-order valence-corrected chi connectivity index (χ1v) is 12.1. The molecule has 1 atom stereocenters. The predicted octanol–water partition coefficient (Wildman–Crippen LogP) is 5.62. The topological polar surface area (TPSA) is 68.2 Å². The molecule has 0 heterocycles. The van der Waals surface area contributed by atoms with Crippen LogP contribution in [0.3, 0.4) is 0 Å². The Morgan fingerprint density at radius 1 is 0.656 bits per heavy atom. The van der Waals surface area contributed by atoms with Crippen molar-refractivity contribution in [2.24, 2.45) is 0 Å². The Balaban J connectivity index is 1.62. The molecule has 0 aliphatic carbocycles. The summed E-state index contributed by atoms with van der Waals surface area (Å²) in [5.74, 6) is 1.69. The molecular formula is C27H40O5. The monoisotopic (exact) mass is 444 g/mol. The van der Waals surface area contributed by atoms with E-state index in [0.717, 1.165) is 35.7 Å². The van der Waals surface area contributed by atoms with Crippen LogP contribution in [0.25, 0.3) is 11.1 Å². The lowest BCUT2D eigenvalue weighted by Crippen LogP contribution is -2.21. The molecule has 2 aromatic carbocycles. The molecule has 32 heavy (non-hydrogen) atoms. The Bertz CT molecular complexity index is 699. The largest absolute Gasteiger partial charge is 0.494 e. The molecule has 0 spiro atoms. The van der Waals surface area contributed by atoms with Gasteiger partial charge in [-0.15, -0.1) is 0 Å². The molecule has 5 heteroatoms. The number of aliphatic hydroxyl groups is 2. The quantitative estimate of drug-likeness (QED) is 0.292. The number of hydrogen-bond donors (Lipinski definition) is 2. The van der Waals surface area contributed by atoms with E-state index in [-0.39, 0.29) is 13.2 Å². The van der Waals surface area contributed by atoms with Crippen LogP contribution in [-0.4, -0.2) is 49.4 Å². The summed E-state index contributed by atoms with van der Waals surface area (Å²) in [7, 11) is 0. The first kappa shape index (κ1) is 26.2. The van der Waals surface area contributed by atoms with Crippen LogP contribution in [0.15, 0.2) is 48.5 Å². The summed E-state index contributed by atoms with van der Waals surface area (Å²) in [6, 6.07) is 16.2. The lowest BCUT2D eigenvalue weighted by atomic mass is 10.1. The van der Waals surface area contributed by atoms with Gasteiger partial charge in [0.15, 0.2) is 0 Å². The van der Waals surface area contributed by atoms with Crippen molar-refractivity contribution in [3.63, 3.8) is 0 Å². The van der Waals surface area contributed by atoms with E-state index in [9.17, 15) is 5.11 Å². The van der Waals surface area contributed by atoms with Gasteiger partial charge in [0.1, 0.15) is 24.2 Å². The molecule has 0 aliphatic rings. The van der Waals surface area contributed by atoms with Crippen molar-refractivity contribution in [1.29, 1.82) is 0 Å². The summed E-state index contributed by atoms with van der Waals surface area (Å²) >= 11 is 0. The first-order valence-electron chi connectivity index (χ1n) is 12.1. The molecule has 0 radical (unpaired) electrons. The highest BCUT2D eigenvalue weighted by Crippen LogP contribution is 2.25. The Morgan fingerprint density at radius 3 is 1.69 bits per heavy atom. The maximum absolute atomic E-state index is 9.21. The van der Waals surface area contributed by atoms with Crippen LogP contribution in [0.5, 0.6) is 11.5 Å². The van der Waals surface area contributed by atoms with Gasteiger partial charge in [-0.1, -0.05) is 76.1 Å². The van der Waals surface area contributed by atoms with Crippen molar-refractivity contribution in [2.75, 3.05) is 33.0 Å². The van der Waals surface area contributed by atoms with E-state index in [2.05, 4.69) is 19.1 Å². The second-order valence-electron chi connectivity index (χ2n) is 8.13. The van der Waals surface area contributed by atoms with Crippen LogP contribution < -0.4 is 9.47 Å². The molecule has 0 aromatic heterocycles. The van der Waals surface area contributed by atoms with E-state index < -0.39 is 6.10 Å². The van der Waals surface area contributed by atoms with Crippen molar-refractivity contribution in [1.82, 2.24) is 0 Å². The van der Waals surface area contributed by atoms with E-state index in [1.807, 2.05) is 36.4 Å². The zero-order valence-corrected chi connectivity index (χ0v) is 19.5. The second kappa shape index (κ2) is 16.5. The molecule has 1 unspecified atom stereocenters. The number of ether oxygens (including phenoxy) is 3. The van der Waals surface area contributed by atoms with Crippen molar-refractivity contribution >= 4 is 0 Å². The average Bonchev–Trinajstić information content (AvgIpc) is 2.83. The first-order chi connectivity index (χ1) is 15.7. The molecule has 2 N–H and O–H groups in total. The predicted molar refractivity (Wildman–Crippen MR) is 129 cm³/mol. The van der Waals surface area contributed by atoms with Crippen LogP contribution in [-0.2, 0) is 4.74 Å². The highest BCUT2D eigenvalue weighted by atomic mass is 16.5. The van der Waals surface area contributed by atoms with Crippen molar-refractivity contribution in [3.8, 4) is 22.6 Å². The van der Waals surface area contributed by atoms with E-state index in [1.54, 1.807) is 0 Å². The fourth-order valence-corrected chi connectivity index (χ4v) is 3.40. The molecule has 0 fully saturated rings. The third-order valence-electron chi connectivity index (χ3n) is 5.33. The third kappa shape index (κ3) is 11.0. The smallest absolute Gasteiger partial charge is 0.119 e. The maximum Gasteiger partial charge on any atom is 0.119 e. The fourth-order valence-electron chi connectivity index (χ4n) is 3.40. The zero-order chi connectivity index (χ0) is 22.9. The number of rotatable bonds is 18. The summed E-state index contributed by atoms with van der Waals surface area (Å²) in [6.45, 7) is 3.60. The van der Waals surface area contributed by atoms with Gasteiger partial charge in [0.05, 0.1) is 26.4 Å². The number of aliphatic hydroxyl groups excluding tert-OH is 2. The second-order valence-corrected chi connectivity index (χ2v) is 8.13. The zero-order valence-electron chi connectivity index (χ0n) is 19.5. The van der Waals surface area contributed by atoms with Gasteiger partial charge in [0.25, 0.3) is 0 Å². The normalized spacial score (nSPS) is 12.0. The minimum Gasteiger partial charge on any atom is -0.494 e. The van der Waals surface area contributed by atoms with Gasteiger partial charge in [0.2, 0.25) is 0 Å². The van der Waals surface area contributed by atoms with E-state index in [1.165, 1.54) is 44.9 Å². The molecule has 0 bridgehead atoms. The molecule has 0 saturated carbocycles. The summed E-state index contributed by atoms with van der Waals surface area (Å²) in [5, 5.41) is 17.9. The van der Waals surface area contributed by atoms with Crippen LogP contribution in [0, 0.1) is 0 Å². The van der Waals surface area contributed by atoms with Gasteiger partial charge in [-0.05, 0) is 41.8 Å². The Morgan fingerprint density at radius 2 is 1.16 bits per heavy atom. The van der Waals surface area contributed by atoms with Gasteiger partial charge in [-0.2, -0.15) is 0 Å². The molecular weight excluding hydrogens is 404 g/mol. The summed E-state index contributed by atoms with van der Waals surface area (Å²) in [5.41, 5.74) is 2.26. The third-order valence-corrected chi connectivity index (χ3v) is 5.33. The van der Waals surface area contributed by atoms with Crippen molar-refractivity contribution < 1.29 is 24.4 Å². The van der Waals surface area contributed by atoms with Gasteiger partial charge >= 0.3 is 0 Å². The minimum atomic E-state index is -0.837. The Labute approximate surface area is 193 Å². The molecule has 2 aromatic rings. The van der Waals surface area contributed by atoms with Gasteiger partial charge in [-0.3, -0.25) is 0 Å². The molecule has 5 nitrogen and oxygen atoms in total. The van der Waals surface area contributed by atoms with Gasteiger partial charge in [0, 0.05) is 0 Å². The number of unbranched alkanes of at least 4 members (excludes halogenated alkanes) is 7. The SMILES string of the molecule is CCCCCCCCCCOc1ccc(-c2ccc(OCCOCC(O)CO)cc2)cc1. The summed E-state index contributed by atoms with van der Waals surface area (Å²) in [6.07, 6.45) is 9.60. The lowest BCUT2D eigenvalue weighted by molar-refractivity contribution is -0.00138. The Hall–Kier alpha value is -2.08. The minimum absolute atomic E-state index is 0.109. The molecule has 0 amide bonds. The number of benzene rings is 2. The van der Waals surface area contributed by atoms with Crippen molar-refractivity contribution in [3.05, 3.63) is 48.5 Å². The Kier molecular flexibility index (Phi) is 13.5. The van der Waals surface area contributed by atoms with Gasteiger partial charge in [-0.25, -0.2) is 0 Å². The van der Waals surface area contributed by atoms with Crippen LogP contribution >= 0.6 is 0 Å². The van der Waals surface area contributed by atoms with Crippen LogP contribution in [0.2, 0.25) is 0 Å². The maximum atomic E-state index is 9.21. The van der Waals surface area contributed by atoms with Gasteiger partial charge < -0.3 is 24.4 Å². The standard InChI is InChI=1S/C27H40O5/c1-2-3-4-5-6-7-8-9-18-31-26-14-10-23(11-15-26)24-12-16-27(17-13-24)32-20-19-30-22-25(29)21-28/h10-17,25,28-29H,2-9,18-22H2,1H3. The number of hydrogen-bond acceptors (Lipinski definition) is 5.